The number of carbonyl (C=O) groups excluding carboxylic acids is 2. The number of amides is 1. The molecule has 0 radical (unpaired) electrons. The van der Waals surface area contributed by atoms with Gasteiger partial charge in [-0.2, -0.15) is 0 Å². The molecule has 2 bridgehead atoms. The number of hydrogen-bond acceptors (Lipinski definition) is 6. The summed E-state index contributed by atoms with van der Waals surface area (Å²) in [7, 11) is -0.549. The molecule has 0 aromatic heterocycles. The molecule has 4 aliphatic rings. The quantitative estimate of drug-likeness (QED) is 0.433. The molecule has 3 saturated carbocycles. The number of benzene rings is 1. The number of nitrogens with one attached hydrogen (secondary N) is 1. The lowest BCUT2D eigenvalue weighted by Crippen LogP contribution is -2.65. The topological polar surface area (TPSA) is 94.1 Å². The van der Waals surface area contributed by atoms with Crippen LogP contribution in [0.15, 0.2) is 24.3 Å². The Labute approximate surface area is 222 Å². The van der Waals surface area contributed by atoms with Crippen molar-refractivity contribution < 1.29 is 28.7 Å². The molecular weight excluding hydrogens is 469 g/mol. The van der Waals surface area contributed by atoms with Crippen LogP contribution in [0.2, 0.25) is 0 Å². The minimum atomic E-state index is -0.985. The summed E-state index contributed by atoms with van der Waals surface area (Å²) in [6.45, 7) is 14.4. The zero-order valence-electron chi connectivity index (χ0n) is 23.5. The number of aliphatic hydroxyl groups excluding tert-OH is 1. The second-order valence-electron chi connectivity index (χ2n) is 12.8. The van der Waals surface area contributed by atoms with Crippen LogP contribution in [0.25, 0.3) is 0 Å². The van der Waals surface area contributed by atoms with Gasteiger partial charge in [0.1, 0.15) is 12.4 Å². The van der Waals surface area contributed by atoms with Crippen molar-refractivity contribution in [2.75, 3.05) is 6.61 Å². The minimum Gasteiger partial charge on any atom is -0.486 e. The van der Waals surface area contributed by atoms with Crippen molar-refractivity contribution in [3.8, 4) is 5.75 Å². The maximum absolute atomic E-state index is 13.4. The fourth-order valence-corrected chi connectivity index (χ4v) is 6.69. The number of ether oxygens (including phenoxy) is 1. The Kier molecular flexibility index (Phi) is 8.13. The summed E-state index contributed by atoms with van der Waals surface area (Å²) in [6, 6.07) is 7.44. The Morgan fingerprint density at radius 2 is 1.84 bits per heavy atom. The second kappa shape index (κ2) is 10.7. The molecule has 1 saturated heterocycles. The van der Waals surface area contributed by atoms with Crippen molar-refractivity contribution in [2.45, 2.75) is 97.9 Å². The van der Waals surface area contributed by atoms with E-state index in [9.17, 15) is 14.7 Å². The molecule has 7 atom stereocenters. The standard InChI is InChI=1S/C29H44BNO6/c1-17(2)12-26(30-36-25-14-20-13-24(28(20,5)6)29(25,7)37-30)31-27(34)23(19(4)32)15-21(33)16-35-22-10-8-18(3)9-11-22/h8-11,17,19-20,23-26,32H,12-16H2,1-7H3,(H,31,34)/t19-,20-,23+,24-,25-,26+,29+/m1/s1. The number of aryl methyl sites for hydroxylation is 1. The average molecular weight is 513 g/mol. The lowest BCUT2D eigenvalue weighted by atomic mass is 9.43. The molecule has 1 heterocycles. The zero-order valence-corrected chi connectivity index (χ0v) is 23.5. The van der Waals surface area contributed by atoms with Crippen LogP contribution in [-0.4, -0.2) is 54.3 Å². The molecule has 7 nitrogen and oxygen atoms in total. The number of hydrogen-bond donors (Lipinski definition) is 2. The molecule has 0 spiro atoms. The Balaban J connectivity index is 1.39. The molecule has 8 heteroatoms. The van der Waals surface area contributed by atoms with Crippen molar-refractivity contribution >= 4 is 18.8 Å². The van der Waals surface area contributed by atoms with Gasteiger partial charge in [0.05, 0.1) is 29.7 Å². The molecule has 5 rings (SSSR count). The molecule has 37 heavy (non-hydrogen) atoms. The van der Waals surface area contributed by atoms with E-state index in [2.05, 4.69) is 39.9 Å². The fraction of sp³-hybridized carbons (Fsp3) is 0.724. The van der Waals surface area contributed by atoms with Gasteiger partial charge < -0.3 is 24.5 Å². The summed E-state index contributed by atoms with van der Waals surface area (Å²) in [4.78, 5) is 26.0. The van der Waals surface area contributed by atoms with Gasteiger partial charge in [-0.3, -0.25) is 9.59 Å². The SMILES string of the molecule is Cc1ccc(OCC(=O)C[C@H](C(=O)N[C@@H](CC(C)C)B2O[C@@H]3C[C@H]4C[C@H](C4(C)C)[C@]3(C)O2)[C@@H](C)O)cc1. The maximum atomic E-state index is 13.4. The van der Waals surface area contributed by atoms with Gasteiger partial charge in [-0.1, -0.05) is 45.4 Å². The van der Waals surface area contributed by atoms with E-state index in [0.717, 1.165) is 18.4 Å². The first kappa shape index (κ1) is 28.1. The molecule has 1 aliphatic heterocycles. The van der Waals surface area contributed by atoms with E-state index < -0.39 is 19.1 Å². The maximum Gasteiger partial charge on any atom is 0.481 e. The smallest absolute Gasteiger partial charge is 0.481 e. The number of aliphatic hydroxyl groups is 1. The van der Waals surface area contributed by atoms with Crippen molar-refractivity contribution in [2.24, 2.45) is 29.1 Å². The lowest BCUT2D eigenvalue weighted by Gasteiger charge is -2.64. The van der Waals surface area contributed by atoms with E-state index in [0.29, 0.717) is 29.9 Å². The molecule has 3 aliphatic carbocycles. The fourth-order valence-electron chi connectivity index (χ4n) is 6.69. The summed E-state index contributed by atoms with van der Waals surface area (Å²) in [5.41, 5.74) is 0.971. The minimum absolute atomic E-state index is 0.0221. The van der Waals surface area contributed by atoms with Gasteiger partial charge in [-0.25, -0.2) is 0 Å². The molecule has 4 fully saturated rings. The van der Waals surface area contributed by atoms with Crippen LogP contribution in [0.1, 0.15) is 72.8 Å². The highest BCUT2D eigenvalue weighted by Gasteiger charge is 2.68. The van der Waals surface area contributed by atoms with Gasteiger partial charge in [0, 0.05) is 6.42 Å². The number of rotatable bonds is 11. The number of Topliss-reactive ketones (excluding diaryl/α,β-unsaturated/α-hetero) is 1. The van der Waals surface area contributed by atoms with Crippen LogP contribution in [0.3, 0.4) is 0 Å². The molecule has 1 aromatic rings. The van der Waals surface area contributed by atoms with E-state index in [-0.39, 0.29) is 47.8 Å². The van der Waals surface area contributed by atoms with Gasteiger partial charge in [-0.05, 0) is 75.3 Å². The number of ketones is 1. The van der Waals surface area contributed by atoms with E-state index in [1.807, 2.05) is 31.2 Å². The van der Waals surface area contributed by atoms with Crippen molar-refractivity contribution in [1.82, 2.24) is 5.32 Å². The molecule has 2 N–H and O–H groups in total. The highest BCUT2D eigenvalue weighted by Crippen LogP contribution is 2.65. The summed E-state index contributed by atoms with van der Waals surface area (Å²) in [6.07, 6.45) is 1.75. The van der Waals surface area contributed by atoms with E-state index in [1.54, 1.807) is 6.92 Å². The average Bonchev–Trinajstić information content (AvgIpc) is 3.18. The number of carbonyl (C=O) groups is 2. The van der Waals surface area contributed by atoms with E-state index in [1.165, 1.54) is 0 Å². The van der Waals surface area contributed by atoms with Gasteiger partial charge in [-0.15, -0.1) is 0 Å². The molecule has 204 valence electrons. The largest absolute Gasteiger partial charge is 0.486 e. The van der Waals surface area contributed by atoms with Crippen LogP contribution in [0.5, 0.6) is 5.75 Å². The van der Waals surface area contributed by atoms with E-state index >= 15 is 0 Å². The third kappa shape index (κ3) is 5.76. The second-order valence-corrected chi connectivity index (χ2v) is 12.8. The molecule has 0 unspecified atom stereocenters. The van der Waals surface area contributed by atoms with Crippen LogP contribution < -0.4 is 10.1 Å². The van der Waals surface area contributed by atoms with Crippen LogP contribution in [0.4, 0.5) is 0 Å². The normalized spacial score (nSPS) is 30.2. The van der Waals surface area contributed by atoms with Gasteiger partial charge in [0.2, 0.25) is 5.91 Å². The van der Waals surface area contributed by atoms with Crippen LogP contribution in [0, 0.1) is 36.0 Å². The predicted octanol–water partition coefficient (Wildman–Crippen LogP) is 4.13. The first-order chi connectivity index (χ1) is 17.3. The van der Waals surface area contributed by atoms with E-state index in [4.69, 9.17) is 14.0 Å². The van der Waals surface area contributed by atoms with Crippen molar-refractivity contribution in [3.05, 3.63) is 29.8 Å². The zero-order chi connectivity index (χ0) is 27.1. The monoisotopic (exact) mass is 513 g/mol. The Morgan fingerprint density at radius 1 is 1.16 bits per heavy atom. The summed E-state index contributed by atoms with van der Waals surface area (Å²) in [5, 5.41) is 13.5. The van der Waals surface area contributed by atoms with Crippen LogP contribution >= 0.6 is 0 Å². The van der Waals surface area contributed by atoms with Gasteiger partial charge in [0.15, 0.2) is 5.78 Å². The first-order valence-electron chi connectivity index (χ1n) is 13.8. The highest BCUT2D eigenvalue weighted by molar-refractivity contribution is 6.47. The van der Waals surface area contributed by atoms with Gasteiger partial charge >= 0.3 is 7.12 Å². The Bertz CT molecular complexity index is 979. The van der Waals surface area contributed by atoms with Gasteiger partial charge in [0.25, 0.3) is 0 Å². The lowest BCUT2D eigenvalue weighted by molar-refractivity contribution is -0.199. The molecular formula is C29H44BNO6. The third-order valence-corrected chi connectivity index (χ3v) is 9.14. The van der Waals surface area contributed by atoms with Crippen molar-refractivity contribution in [3.63, 3.8) is 0 Å². The summed E-state index contributed by atoms with van der Waals surface area (Å²) < 4.78 is 18.7. The molecule has 1 amide bonds. The van der Waals surface area contributed by atoms with Crippen LogP contribution in [-0.2, 0) is 18.9 Å². The molecule has 1 aromatic carbocycles. The highest BCUT2D eigenvalue weighted by atomic mass is 16.7. The summed E-state index contributed by atoms with van der Waals surface area (Å²) in [5.74, 6) is 0.125. The van der Waals surface area contributed by atoms with Crippen molar-refractivity contribution in [1.29, 1.82) is 0 Å². The third-order valence-electron chi connectivity index (χ3n) is 9.14. The summed E-state index contributed by atoms with van der Waals surface area (Å²) >= 11 is 0. The first-order valence-corrected chi connectivity index (χ1v) is 13.8. The predicted molar refractivity (Wildman–Crippen MR) is 143 cm³/mol. The Morgan fingerprint density at radius 3 is 2.43 bits per heavy atom. The Hall–Kier alpha value is -1.90.